The Morgan fingerprint density at radius 2 is 2.08 bits per heavy atom. The highest BCUT2D eigenvalue weighted by Crippen LogP contribution is 2.48. The molecular formula is C18H22ClNO3S. The lowest BCUT2D eigenvalue weighted by Gasteiger charge is -2.30. The normalized spacial score (nSPS) is 18.0. The van der Waals surface area contributed by atoms with Gasteiger partial charge in [-0.25, -0.2) is 0 Å². The quantitative estimate of drug-likeness (QED) is 0.801. The highest BCUT2D eigenvalue weighted by Gasteiger charge is 2.29. The van der Waals surface area contributed by atoms with Gasteiger partial charge >= 0.3 is 0 Å². The molecular weight excluding hydrogens is 346 g/mol. The maximum absolute atomic E-state index is 5.88. The molecule has 24 heavy (non-hydrogen) atoms. The zero-order valence-corrected chi connectivity index (χ0v) is 15.3. The van der Waals surface area contributed by atoms with Gasteiger partial charge in [0.05, 0.1) is 6.61 Å². The highest BCUT2D eigenvalue weighted by molar-refractivity contribution is 7.09. The summed E-state index contributed by atoms with van der Waals surface area (Å²) < 4.78 is 16.9. The zero-order chi connectivity index (χ0) is 15.6. The Labute approximate surface area is 152 Å². The van der Waals surface area contributed by atoms with Gasteiger partial charge in [-0.3, -0.25) is 0 Å². The highest BCUT2D eigenvalue weighted by atomic mass is 35.5. The van der Waals surface area contributed by atoms with Crippen LogP contribution in [0.3, 0.4) is 0 Å². The van der Waals surface area contributed by atoms with E-state index >= 15 is 0 Å². The fourth-order valence-electron chi connectivity index (χ4n) is 3.30. The lowest BCUT2D eigenvalue weighted by atomic mass is 9.92. The van der Waals surface area contributed by atoms with Crippen LogP contribution in [0.15, 0.2) is 29.6 Å². The molecule has 0 radical (unpaired) electrons. The molecule has 2 aliphatic heterocycles. The van der Waals surface area contributed by atoms with Gasteiger partial charge in [-0.2, -0.15) is 0 Å². The number of nitrogens with zero attached hydrogens (tertiary/aromatic N) is 1. The van der Waals surface area contributed by atoms with Crippen LogP contribution in [-0.2, 0) is 6.42 Å². The van der Waals surface area contributed by atoms with E-state index in [4.69, 9.17) is 14.2 Å². The van der Waals surface area contributed by atoms with Crippen molar-refractivity contribution in [3.8, 4) is 17.2 Å². The predicted octanol–water partition coefficient (Wildman–Crippen LogP) is 3.94. The van der Waals surface area contributed by atoms with Crippen LogP contribution in [0.5, 0.6) is 17.2 Å². The first-order valence-electron chi connectivity index (χ1n) is 8.07. The molecule has 130 valence electrons. The van der Waals surface area contributed by atoms with Crippen LogP contribution in [-0.4, -0.2) is 38.4 Å². The predicted molar refractivity (Wildman–Crippen MR) is 98.2 cm³/mol. The maximum atomic E-state index is 5.88. The first-order chi connectivity index (χ1) is 11.3. The number of hydrogen-bond acceptors (Lipinski definition) is 5. The number of likely N-dealkylation sites (N-methyl/N-ethyl adjacent to an activating group) is 1. The van der Waals surface area contributed by atoms with Gasteiger partial charge in [0, 0.05) is 29.4 Å². The van der Waals surface area contributed by atoms with Gasteiger partial charge in [-0.05, 0) is 37.4 Å². The van der Waals surface area contributed by atoms with E-state index in [0.717, 1.165) is 49.8 Å². The summed E-state index contributed by atoms with van der Waals surface area (Å²) in [6, 6.07) is 8.48. The molecule has 2 aromatic rings. The number of ether oxygens (including phenoxy) is 3. The summed E-state index contributed by atoms with van der Waals surface area (Å²) in [6.45, 7) is 3.16. The molecule has 1 aromatic heterocycles. The van der Waals surface area contributed by atoms with E-state index in [1.54, 1.807) is 0 Å². The molecule has 1 aromatic carbocycles. The van der Waals surface area contributed by atoms with Crippen molar-refractivity contribution < 1.29 is 14.2 Å². The molecule has 1 atom stereocenters. The second kappa shape index (κ2) is 7.64. The van der Waals surface area contributed by atoms with Gasteiger partial charge in [-0.15, -0.1) is 23.7 Å². The molecule has 3 heterocycles. The Bertz CT molecular complexity index is 677. The Morgan fingerprint density at radius 3 is 2.92 bits per heavy atom. The van der Waals surface area contributed by atoms with Gasteiger partial charge in [0.25, 0.3) is 0 Å². The second-order valence-corrected chi connectivity index (χ2v) is 7.18. The molecule has 0 N–H and O–H groups in total. The van der Waals surface area contributed by atoms with Crippen molar-refractivity contribution >= 4 is 23.7 Å². The molecule has 0 saturated carbocycles. The van der Waals surface area contributed by atoms with E-state index in [1.807, 2.05) is 17.4 Å². The summed E-state index contributed by atoms with van der Waals surface area (Å²) in [4.78, 5) is 3.87. The summed E-state index contributed by atoms with van der Waals surface area (Å²) in [5.74, 6) is 2.97. The number of thiophene rings is 1. The topological polar surface area (TPSA) is 30.9 Å². The van der Waals surface area contributed by atoms with E-state index in [0.29, 0.717) is 12.7 Å². The lowest BCUT2D eigenvalue weighted by molar-refractivity contribution is 0.166. The van der Waals surface area contributed by atoms with Crippen LogP contribution in [0.1, 0.15) is 22.8 Å². The fraction of sp³-hybridized carbons (Fsp3) is 0.444. The first kappa shape index (κ1) is 17.4. The molecule has 0 spiro atoms. The minimum atomic E-state index is 0. The number of rotatable bonds is 5. The van der Waals surface area contributed by atoms with E-state index in [1.165, 1.54) is 10.4 Å². The summed E-state index contributed by atoms with van der Waals surface area (Å²) in [5.41, 5.74) is 1.25. The van der Waals surface area contributed by atoms with E-state index in [9.17, 15) is 0 Å². The molecule has 0 amide bonds. The van der Waals surface area contributed by atoms with Gasteiger partial charge < -0.3 is 19.1 Å². The molecule has 2 aliphatic rings. The Kier molecular flexibility index (Phi) is 5.54. The average molecular weight is 368 g/mol. The molecule has 0 fully saturated rings. The third-order valence-corrected chi connectivity index (χ3v) is 5.46. The van der Waals surface area contributed by atoms with Crippen LogP contribution in [0, 0.1) is 0 Å². The van der Waals surface area contributed by atoms with Crippen molar-refractivity contribution in [2.24, 2.45) is 0 Å². The summed E-state index contributed by atoms with van der Waals surface area (Å²) in [5, 5.41) is 2.15. The van der Waals surface area contributed by atoms with E-state index < -0.39 is 0 Å². The number of fused-ring (bicyclic) bond motifs is 3. The minimum absolute atomic E-state index is 0. The Balaban J connectivity index is 0.00000169. The molecule has 0 aliphatic carbocycles. The molecule has 0 bridgehead atoms. The zero-order valence-electron chi connectivity index (χ0n) is 13.7. The van der Waals surface area contributed by atoms with Gasteiger partial charge in [0.2, 0.25) is 12.5 Å². The van der Waals surface area contributed by atoms with Crippen molar-refractivity contribution in [2.45, 2.75) is 18.8 Å². The van der Waals surface area contributed by atoms with Crippen molar-refractivity contribution in [3.63, 3.8) is 0 Å². The van der Waals surface area contributed by atoms with E-state index in [-0.39, 0.29) is 12.4 Å². The minimum Gasteiger partial charge on any atom is -0.489 e. The molecule has 4 rings (SSSR count). The molecule has 1 unspecified atom stereocenters. The lowest BCUT2D eigenvalue weighted by Crippen LogP contribution is -2.29. The van der Waals surface area contributed by atoms with Gasteiger partial charge in [-0.1, -0.05) is 12.1 Å². The van der Waals surface area contributed by atoms with Crippen molar-refractivity contribution in [3.05, 3.63) is 40.1 Å². The monoisotopic (exact) mass is 367 g/mol. The molecule has 4 nitrogen and oxygen atoms in total. The molecule has 6 heteroatoms. The summed E-state index contributed by atoms with van der Waals surface area (Å²) >= 11 is 1.84. The summed E-state index contributed by atoms with van der Waals surface area (Å²) in [6.07, 6.45) is 2.17. The number of hydrogen-bond donors (Lipinski definition) is 0. The largest absolute Gasteiger partial charge is 0.489 e. The van der Waals surface area contributed by atoms with Crippen molar-refractivity contribution in [1.29, 1.82) is 0 Å². The molecule has 0 saturated heterocycles. The smallest absolute Gasteiger partial charge is 0.231 e. The average Bonchev–Trinajstić information content (AvgIpc) is 3.24. The first-order valence-corrected chi connectivity index (χ1v) is 8.95. The standard InChI is InChI=1S/C18H21NO3S.ClH/c1-19(8-6-14-3-2-10-23-14)11-13-7-9-20-17-15(13)4-5-16-18(17)22-12-21-16;/h2-5,10,13H,6-9,11-12H2,1H3;1H. The fourth-order valence-corrected chi connectivity index (χ4v) is 4.00. The van der Waals surface area contributed by atoms with Crippen LogP contribution < -0.4 is 14.2 Å². The van der Waals surface area contributed by atoms with Gasteiger partial charge in [0.15, 0.2) is 11.5 Å². The van der Waals surface area contributed by atoms with Crippen LogP contribution in [0.2, 0.25) is 0 Å². The Morgan fingerprint density at radius 1 is 1.17 bits per heavy atom. The van der Waals surface area contributed by atoms with Gasteiger partial charge in [0.1, 0.15) is 0 Å². The van der Waals surface area contributed by atoms with Crippen LogP contribution in [0.25, 0.3) is 0 Å². The van der Waals surface area contributed by atoms with Crippen LogP contribution in [0.4, 0.5) is 0 Å². The SMILES string of the molecule is CN(CCc1cccs1)CC1CCOc2c1ccc1c2OCO1.Cl. The second-order valence-electron chi connectivity index (χ2n) is 6.14. The van der Waals surface area contributed by atoms with Crippen molar-refractivity contribution in [2.75, 3.05) is 33.5 Å². The van der Waals surface area contributed by atoms with E-state index in [2.05, 4.69) is 35.5 Å². The number of benzene rings is 1. The summed E-state index contributed by atoms with van der Waals surface area (Å²) in [7, 11) is 2.20. The maximum Gasteiger partial charge on any atom is 0.231 e. The third kappa shape index (κ3) is 3.48. The number of halogens is 1. The van der Waals surface area contributed by atoms with Crippen molar-refractivity contribution in [1.82, 2.24) is 4.90 Å². The van der Waals surface area contributed by atoms with Crippen LogP contribution >= 0.6 is 23.7 Å². The third-order valence-electron chi connectivity index (χ3n) is 4.53. The Hall–Kier alpha value is -1.43.